The highest BCUT2D eigenvalue weighted by atomic mass is 35.5. The molecule has 0 aliphatic heterocycles. The summed E-state index contributed by atoms with van der Waals surface area (Å²) in [6.07, 6.45) is 1.34. The molecule has 2 rings (SSSR count). The third-order valence-corrected chi connectivity index (χ3v) is 3.94. The van der Waals surface area contributed by atoms with Gasteiger partial charge in [-0.2, -0.15) is 0 Å². The van der Waals surface area contributed by atoms with Gasteiger partial charge in [0.15, 0.2) is 0 Å². The maximum absolute atomic E-state index is 5.88. The topological polar surface area (TPSA) is 12.0 Å². The summed E-state index contributed by atoms with van der Waals surface area (Å²) in [7, 11) is 0. The Bertz CT molecular complexity index is 284. The van der Waals surface area contributed by atoms with Gasteiger partial charge in [0.1, 0.15) is 0 Å². The van der Waals surface area contributed by atoms with E-state index in [4.69, 9.17) is 11.6 Å². The largest absolute Gasteiger partial charge is 0.317 e. The molecule has 1 aliphatic rings. The standard InChI is InChI=1S/C10H14ClNS/c1-2-12-5-7-3-9(7)10-4-8(11)6-13-10/h4,6-7,9,12H,2-3,5H2,1H3. The number of hydrogen-bond acceptors (Lipinski definition) is 2. The van der Waals surface area contributed by atoms with Crippen LogP contribution in [0.4, 0.5) is 0 Å². The minimum absolute atomic E-state index is 0.788. The molecule has 1 saturated carbocycles. The van der Waals surface area contributed by atoms with Crippen molar-refractivity contribution in [3.8, 4) is 0 Å². The second-order valence-corrected chi connectivity index (χ2v) is 4.96. The van der Waals surface area contributed by atoms with Gasteiger partial charge >= 0.3 is 0 Å². The number of halogens is 1. The highest BCUT2D eigenvalue weighted by molar-refractivity contribution is 7.10. The van der Waals surface area contributed by atoms with E-state index < -0.39 is 0 Å². The van der Waals surface area contributed by atoms with Crippen molar-refractivity contribution in [2.24, 2.45) is 5.92 Å². The Morgan fingerprint density at radius 2 is 2.54 bits per heavy atom. The van der Waals surface area contributed by atoms with E-state index in [0.29, 0.717) is 0 Å². The van der Waals surface area contributed by atoms with E-state index in [1.54, 1.807) is 11.3 Å². The minimum atomic E-state index is 0.788. The average molecular weight is 216 g/mol. The van der Waals surface area contributed by atoms with E-state index in [2.05, 4.69) is 18.3 Å². The molecule has 2 unspecified atom stereocenters. The van der Waals surface area contributed by atoms with Gasteiger partial charge < -0.3 is 5.32 Å². The van der Waals surface area contributed by atoms with Gasteiger partial charge in [-0.25, -0.2) is 0 Å². The predicted molar refractivity (Wildman–Crippen MR) is 58.7 cm³/mol. The molecule has 1 nitrogen and oxygen atoms in total. The van der Waals surface area contributed by atoms with Gasteiger partial charge in [-0.3, -0.25) is 0 Å². The molecule has 3 heteroatoms. The summed E-state index contributed by atoms with van der Waals surface area (Å²) in [5.74, 6) is 1.64. The Kier molecular flexibility index (Phi) is 2.92. The number of rotatable bonds is 4. The van der Waals surface area contributed by atoms with Crippen LogP contribution in [0.5, 0.6) is 0 Å². The van der Waals surface area contributed by atoms with Crippen LogP contribution in [0.15, 0.2) is 11.4 Å². The van der Waals surface area contributed by atoms with Crippen molar-refractivity contribution in [3.05, 3.63) is 21.3 Å². The van der Waals surface area contributed by atoms with Crippen LogP contribution in [0.25, 0.3) is 0 Å². The molecule has 0 bridgehead atoms. The Labute approximate surface area is 88.1 Å². The van der Waals surface area contributed by atoms with E-state index in [1.165, 1.54) is 11.3 Å². The molecule has 0 saturated heterocycles. The van der Waals surface area contributed by atoms with Gasteiger partial charge in [0, 0.05) is 10.3 Å². The quantitative estimate of drug-likeness (QED) is 0.814. The lowest BCUT2D eigenvalue weighted by Gasteiger charge is -1.98. The smallest absolute Gasteiger partial charge is 0.0515 e. The Hall–Kier alpha value is -0.0500. The Balaban J connectivity index is 1.85. The lowest BCUT2D eigenvalue weighted by atomic mass is 10.2. The summed E-state index contributed by atoms with van der Waals surface area (Å²) in [6.45, 7) is 4.39. The van der Waals surface area contributed by atoms with Gasteiger partial charge in [0.2, 0.25) is 0 Å². The zero-order valence-electron chi connectivity index (χ0n) is 7.72. The van der Waals surface area contributed by atoms with Crippen LogP contribution in [0.2, 0.25) is 5.02 Å². The molecule has 0 spiro atoms. The molecule has 72 valence electrons. The minimum Gasteiger partial charge on any atom is -0.317 e. The highest BCUT2D eigenvalue weighted by Crippen LogP contribution is 2.49. The first-order valence-electron chi connectivity index (χ1n) is 4.76. The molecule has 1 heterocycles. The third-order valence-electron chi connectivity index (χ3n) is 2.53. The van der Waals surface area contributed by atoms with Crippen molar-refractivity contribution in [2.75, 3.05) is 13.1 Å². The van der Waals surface area contributed by atoms with E-state index in [-0.39, 0.29) is 0 Å². The van der Waals surface area contributed by atoms with Gasteiger partial charge in [0.25, 0.3) is 0 Å². The van der Waals surface area contributed by atoms with Gasteiger partial charge in [-0.1, -0.05) is 18.5 Å². The number of hydrogen-bond donors (Lipinski definition) is 1. The second-order valence-electron chi connectivity index (χ2n) is 3.58. The SMILES string of the molecule is CCNCC1CC1c1cc(Cl)cs1. The summed E-state index contributed by atoms with van der Waals surface area (Å²) in [5.41, 5.74) is 0. The molecule has 1 fully saturated rings. The lowest BCUT2D eigenvalue weighted by Crippen LogP contribution is -2.15. The van der Waals surface area contributed by atoms with E-state index in [9.17, 15) is 0 Å². The van der Waals surface area contributed by atoms with E-state index >= 15 is 0 Å². The van der Waals surface area contributed by atoms with Crippen LogP contribution in [0, 0.1) is 5.92 Å². The van der Waals surface area contributed by atoms with Gasteiger partial charge in [-0.05, 0) is 37.4 Å². The molecule has 13 heavy (non-hydrogen) atoms. The highest BCUT2D eigenvalue weighted by Gasteiger charge is 2.38. The molecule has 1 aromatic heterocycles. The molecule has 1 N–H and O–H groups in total. The summed E-state index contributed by atoms with van der Waals surface area (Å²) in [5, 5.41) is 6.31. The van der Waals surface area contributed by atoms with Gasteiger partial charge in [0.05, 0.1) is 5.02 Å². The summed E-state index contributed by atoms with van der Waals surface area (Å²) < 4.78 is 0. The zero-order chi connectivity index (χ0) is 9.26. The van der Waals surface area contributed by atoms with Crippen LogP contribution in [-0.4, -0.2) is 13.1 Å². The first-order valence-corrected chi connectivity index (χ1v) is 6.01. The Morgan fingerprint density at radius 3 is 3.15 bits per heavy atom. The van der Waals surface area contributed by atoms with Crippen molar-refractivity contribution in [1.29, 1.82) is 0 Å². The molecule has 1 aliphatic carbocycles. The van der Waals surface area contributed by atoms with Crippen molar-refractivity contribution in [3.63, 3.8) is 0 Å². The van der Waals surface area contributed by atoms with Crippen molar-refractivity contribution in [2.45, 2.75) is 19.3 Å². The fourth-order valence-electron chi connectivity index (χ4n) is 1.67. The zero-order valence-corrected chi connectivity index (χ0v) is 9.29. The van der Waals surface area contributed by atoms with Gasteiger partial charge in [-0.15, -0.1) is 11.3 Å². The fraction of sp³-hybridized carbons (Fsp3) is 0.600. The summed E-state index contributed by atoms with van der Waals surface area (Å²) in [4.78, 5) is 1.47. The van der Waals surface area contributed by atoms with Crippen LogP contribution < -0.4 is 5.32 Å². The summed E-state index contributed by atoms with van der Waals surface area (Å²) in [6, 6.07) is 2.11. The fourth-order valence-corrected chi connectivity index (χ4v) is 2.97. The molecule has 2 atom stereocenters. The van der Waals surface area contributed by atoms with Crippen LogP contribution >= 0.6 is 22.9 Å². The van der Waals surface area contributed by atoms with Crippen molar-refractivity contribution >= 4 is 22.9 Å². The first-order chi connectivity index (χ1) is 6.31. The maximum atomic E-state index is 5.88. The van der Waals surface area contributed by atoms with Crippen molar-refractivity contribution in [1.82, 2.24) is 5.32 Å². The maximum Gasteiger partial charge on any atom is 0.0515 e. The Morgan fingerprint density at radius 1 is 1.69 bits per heavy atom. The molecule has 1 aromatic rings. The van der Waals surface area contributed by atoms with Crippen LogP contribution in [-0.2, 0) is 0 Å². The molecule has 0 aromatic carbocycles. The average Bonchev–Trinajstić information content (AvgIpc) is 2.78. The normalized spacial score (nSPS) is 26.3. The lowest BCUT2D eigenvalue weighted by molar-refractivity contribution is 0.651. The number of thiophene rings is 1. The van der Waals surface area contributed by atoms with Crippen molar-refractivity contribution < 1.29 is 0 Å². The molecule has 0 radical (unpaired) electrons. The molecular weight excluding hydrogens is 202 g/mol. The first kappa shape index (κ1) is 9.50. The second kappa shape index (κ2) is 3.99. The molecular formula is C10H14ClNS. The van der Waals surface area contributed by atoms with Crippen LogP contribution in [0.1, 0.15) is 24.1 Å². The predicted octanol–water partition coefficient (Wildman–Crippen LogP) is 3.11. The van der Waals surface area contributed by atoms with Crippen LogP contribution in [0.3, 0.4) is 0 Å². The monoisotopic (exact) mass is 215 g/mol. The summed E-state index contributed by atoms with van der Waals surface area (Å²) >= 11 is 7.68. The number of nitrogens with one attached hydrogen (secondary N) is 1. The van der Waals surface area contributed by atoms with E-state index in [0.717, 1.165) is 29.9 Å². The molecule has 0 amide bonds. The van der Waals surface area contributed by atoms with E-state index in [1.807, 2.05) is 5.38 Å². The third kappa shape index (κ3) is 2.25.